The van der Waals surface area contributed by atoms with Crippen LogP contribution in [-0.4, -0.2) is 43.8 Å². The zero-order valence-corrected chi connectivity index (χ0v) is 17.9. The minimum absolute atomic E-state index is 0.651. The van der Waals surface area contributed by atoms with Crippen LogP contribution < -0.4 is 19.3 Å². The number of anilines is 3. The number of aryl methyl sites for hydroxylation is 1. The summed E-state index contributed by atoms with van der Waals surface area (Å²) in [6.07, 6.45) is 0. The maximum absolute atomic E-state index is 5.61. The van der Waals surface area contributed by atoms with Gasteiger partial charge in [-0.25, -0.2) is 4.98 Å². The average Bonchev–Trinajstić information content (AvgIpc) is 2.63. The highest BCUT2D eigenvalue weighted by Crippen LogP contribution is 2.42. The second kappa shape index (κ2) is 9.07. The zero-order chi connectivity index (χ0) is 19.3. The van der Waals surface area contributed by atoms with Gasteiger partial charge in [0.15, 0.2) is 0 Å². The number of aromatic nitrogens is 2. The largest absolute Gasteiger partial charge is 0.497 e. The van der Waals surface area contributed by atoms with E-state index in [1.165, 1.54) is 0 Å². The van der Waals surface area contributed by atoms with Crippen LogP contribution in [0.5, 0.6) is 11.5 Å². The van der Waals surface area contributed by atoms with Crippen LogP contribution in [0, 0.1) is 6.92 Å². The summed E-state index contributed by atoms with van der Waals surface area (Å²) in [5.74, 6) is 3.01. The fourth-order valence-corrected chi connectivity index (χ4v) is 3.49. The van der Waals surface area contributed by atoms with Crippen molar-refractivity contribution in [3.8, 4) is 11.5 Å². The van der Waals surface area contributed by atoms with E-state index in [-0.39, 0.29) is 0 Å². The van der Waals surface area contributed by atoms with Crippen LogP contribution in [0.25, 0.3) is 0 Å². The lowest BCUT2D eigenvalue weighted by Crippen LogP contribution is -2.26. The van der Waals surface area contributed by atoms with E-state index in [2.05, 4.69) is 46.6 Å². The third-order valence-electron chi connectivity index (χ3n) is 4.20. The van der Waals surface area contributed by atoms with E-state index in [1.807, 2.05) is 30.0 Å². The lowest BCUT2D eigenvalue weighted by atomic mass is 10.2. The van der Waals surface area contributed by atoms with Gasteiger partial charge >= 0.3 is 0 Å². The topological polar surface area (TPSA) is 50.7 Å². The molecule has 0 aliphatic heterocycles. The van der Waals surface area contributed by atoms with Crippen molar-refractivity contribution in [1.29, 1.82) is 0 Å². The molecule has 2 rings (SSSR count). The van der Waals surface area contributed by atoms with Crippen molar-refractivity contribution in [3.05, 3.63) is 28.4 Å². The van der Waals surface area contributed by atoms with Gasteiger partial charge in [-0.1, -0.05) is 0 Å². The predicted molar refractivity (Wildman–Crippen MR) is 110 cm³/mol. The van der Waals surface area contributed by atoms with Gasteiger partial charge in [0.1, 0.15) is 23.0 Å². The third-order valence-corrected chi connectivity index (χ3v) is 4.81. The van der Waals surface area contributed by atoms with Crippen LogP contribution in [-0.2, 0) is 0 Å². The normalized spacial score (nSPS) is 10.6. The van der Waals surface area contributed by atoms with Gasteiger partial charge in [-0.05, 0) is 49.7 Å². The summed E-state index contributed by atoms with van der Waals surface area (Å²) in [5.41, 5.74) is 1.81. The maximum atomic E-state index is 5.61. The first-order valence-electron chi connectivity index (χ1n) is 8.78. The van der Waals surface area contributed by atoms with Crippen molar-refractivity contribution in [1.82, 2.24) is 9.97 Å². The number of ether oxygens (including phenoxy) is 2. The number of hydrogen-bond acceptors (Lipinski definition) is 6. The van der Waals surface area contributed by atoms with Crippen LogP contribution in [0.2, 0.25) is 0 Å². The van der Waals surface area contributed by atoms with Crippen LogP contribution in [0.15, 0.2) is 22.7 Å². The Balaban J connectivity index is 2.59. The van der Waals surface area contributed by atoms with Gasteiger partial charge in [0.2, 0.25) is 5.95 Å². The Morgan fingerprint density at radius 3 is 2.19 bits per heavy atom. The number of hydrogen-bond donors (Lipinski definition) is 0. The van der Waals surface area contributed by atoms with Crippen LogP contribution in [0.4, 0.5) is 17.5 Å². The summed E-state index contributed by atoms with van der Waals surface area (Å²) >= 11 is 3.64. The molecule has 0 saturated carbocycles. The molecule has 1 aromatic heterocycles. The van der Waals surface area contributed by atoms with Crippen molar-refractivity contribution < 1.29 is 9.47 Å². The van der Waals surface area contributed by atoms with Gasteiger partial charge in [-0.3, -0.25) is 0 Å². The second-order valence-corrected chi connectivity index (χ2v) is 6.60. The minimum Gasteiger partial charge on any atom is -0.497 e. The van der Waals surface area contributed by atoms with E-state index < -0.39 is 0 Å². The number of benzene rings is 1. The Bertz CT molecular complexity index is 751. The standard InChI is InChI=1S/C19H27BrN4O2/c1-7-23(8-2)17-10-13(4)21-19(22-17)24(9-3)18-15(20)11-14(25-5)12-16(18)26-6/h10-12H,7-9H2,1-6H3. The molecule has 0 N–H and O–H groups in total. The monoisotopic (exact) mass is 422 g/mol. The summed E-state index contributed by atoms with van der Waals surface area (Å²) < 4.78 is 11.8. The first-order valence-corrected chi connectivity index (χ1v) is 9.57. The molecular formula is C19H27BrN4O2. The van der Waals surface area contributed by atoms with Gasteiger partial charge in [0.25, 0.3) is 0 Å². The highest BCUT2D eigenvalue weighted by atomic mass is 79.9. The molecule has 0 atom stereocenters. The molecule has 0 fully saturated rings. The first kappa shape index (κ1) is 20.3. The Morgan fingerprint density at radius 1 is 0.962 bits per heavy atom. The van der Waals surface area contributed by atoms with E-state index in [1.54, 1.807) is 14.2 Å². The smallest absolute Gasteiger partial charge is 0.232 e. The Hall–Kier alpha value is -2.02. The number of nitrogens with zero attached hydrogens (tertiary/aromatic N) is 4. The Kier molecular flexibility index (Phi) is 7.08. The zero-order valence-electron chi connectivity index (χ0n) is 16.3. The SMILES string of the molecule is CCN(CC)c1cc(C)nc(N(CC)c2c(Br)cc(OC)cc2OC)n1. The molecule has 6 nitrogen and oxygen atoms in total. The molecule has 0 spiro atoms. The molecule has 142 valence electrons. The number of rotatable bonds is 8. The highest BCUT2D eigenvalue weighted by Gasteiger charge is 2.21. The van der Waals surface area contributed by atoms with E-state index in [4.69, 9.17) is 14.5 Å². The van der Waals surface area contributed by atoms with Crippen molar-refractivity contribution >= 4 is 33.4 Å². The fourth-order valence-electron chi connectivity index (χ4n) is 2.85. The highest BCUT2D eigenvalue weighted by molar-refractivity contribution is 9.10. The fraction of sp³-hybridized carbons (Fsp3) is 0.474. The van der Waals surface area contributed by atoms with Gasteiger partial charge in [0.05, 0.1) is 14.2 Å². The van der Waals surface area contributed by atoms with E-state index in [0.29, 0.717) is 18.2 Å². The Morgan fingerprint density at radius 2 is 1.65 bits per heavy atom. The van der Waals surface area contributed by atoms with Gasteiger partial charge in [-0.15, -0.1) is 0 Å². The molecule has 1 aromatic carbocycles. The van der Waals surface area contributed by atoms with Crippen LogP contribution in [0.3, 0.4) is 0 Å². The molecule has 0 saturated heterocycles. The van der Waals surface area contributed by atoms with E-state index in [9.17, 15) is 0 Å². The van der Waals surface area contributed by atoms with E-state index >= 15 is 0 Å². The summed E-state index contributed by atoms with van der Waals surface area (Å²) in [5, 5.41) is 0. The molecule has 0 amide bonds. The molecule has 0 aliphatic rings. The third kappa shape index (κ3) is 4.20. The first-order chi connectivity index (χ1) is 12.5. The van der Waals surface area contributed by atoms with Crippen LogP contribution >= 0.6 is 15.9 Å². The molecule has 0 unspecified atom stereocenters. The second-order valence-electron chi connectivity index (χ2n) is 5.74. The summed E-state index contributed by atoms with van der Waals surface area (Å²) in [7, 11) is 3.29. The van der Waals surface area contributed by atoms with Crippen molar-refractivity contribution in [3.63, 3.8) is 0 Å². The van der Waals surface area contributed by atoms with Gasteiger partial charge in [-0.2, -0.15) is 4.98 Å². The summed E-state index contributed by atoms with van der Waals surface area (Å²) in [6, 6.07) is 5.80. The quantitative estimate of drug-likeness (QED) is 0.620. The molecule has 2 aromatic rings. The summed E-state index contributed by atoms with van der Waals surface area (Å²) in [6.45, 7) is 10.8. The number of halogens is 1. The van der Waals surface area contributed by atoms with Crippen molar-refractivity contribution in [2.75, 3.05) is 43.7 Å². The van der Waals surface area contributed by atoms with E-state index in [0.717, 1.165) is 40.5 Å². The molecule has 7 heteroatoms. The molecule has 0 aliphatic carbocycles. The van der Waals surface area contributed by atoms with Crippen LogP contribution in [0.1, 0.15) is 26.5 Å². The molecule has 0 radical (unpaired) electrons. The number of methoxy groups -OCH3 is 2. The van der Waals surface area contributed by atoms with Crippen molar-refractivity contribution in [2.24, 2.45) is 0 Å². The van der Waals surface area contributed by atoms with Gasteiger partial charge in [0, 0.05) is 41.9 Å². The van der Waals surface area contributed by atoms with Crippen molar-refractivity contribution in [2.45, 2.75) is 27.7 Å². The molecular weight excluding hydrogens is 396 g/mol. The minimum atomic E-state index is 0.651. The average molecular weight is 423 g/mol. The van der Waals surface area contributed by atoms with Gasteiger partial charge < -0.3 is 19.3 Å². The molecule has 1 heterocycles. The predicted octanol–water partition coefficient (Wildman–Crippen LogP) is 4.57. The molecule has 26 heavy (non-hydrogen) atoms. The lowest BCUT2D eigenvalue weighted by molar-refractivity contribution is 0.394. The lowest BCUT2D eigenvalue weighted by Gasteiger charge is -2.27. The maximum Gasteiger partial charge on any atom is 0.232 e. The molecule has 0 bridgehead atoms. The Labute approximate surface area is 164 Å². The summed E-state index contributed by atoms with van der Waals surface area (Å²) in [4.78, 5) is 13.7.